The second-order valence-corrected chi connectivity index (χ2v) is 4.33. The summed E-state index contributed by atoms with van der Waals surface area (Å²) < 4.78 is 0. The maximum absolute atomic E-state index is 5.68. The molecule has 0 saturated heterocycles. The topological polar surface area (TPSA) is 51.8 Å². The first-order valence-electron chi connectivity index (χ1n) is 5.63. The van der Waals surface area contributed by atoms with Crippen LogP contribution in [0.1, 0.15) is 18.2 Å². The minimum atomic E-state index is 0.478. The zero-order valence-electron chi connectivity index (χ0n) is 9.77. The second-order valence-electron chi connectivity index (χ2n) is 4.33. The van der Waals surface area contributed by atoms with E-state index in [1.165, 1.54) is 10.9 Å². The Balaban J connectivity index is 2.52. The summed E-state index contributed by atoms with van der Waals surface area (Å²) in [6, 6.07) is 8.14. The Labute approximate surface area is 95.7 Å². The molecule has 1 heterocycles. The van der Waals surface area contributed by atoms with Crippen LogP contribution in [-0.2, 0) is 6.42 Å². The molecule has 1 aromatic heterocycles. The van der Waals surface area contributed by atoms with Crippen LogP contribution in [-0.4, -0.2) is 16.7 Å². The highest BCUT2D eigenvalue weighted by Crippen LogP contribution is 2.21. The summed E-state index contributed by atoms with van der Waals surface area (Å²) in [7, 11) is 0. The minimum absolute atomic E-state index is 0.478. The number of hydrogen-bond acceptors (Lipinski definition) is 3. The molecule has 3 nitrogen and oxygen atoms in total. The van der Waals surface area contributed by atoms with Crippen LogP contribution < -0.4 is 5.73 Å². The molecular weight excluding hydrogens is 198 g/mol. The van der Waals surface area contributed by atoms with Crippen molar-refractivity contribution in [1.29, 1.82) is 0 Å². The van der Waals surface area contributed by atoms with Gasteiger partial charge in [0.1, 0.15) is 0 Å². The molecule has 0 fully saturated rings. The molecule has 84 valence electrons. The summed E-state index contributed by atoms with van der Waals surface area (Å²) in [6.45, 7) is 4.88. The van der Waals surface area contributed by atoms with Crippen molar-refractivity contribution in [1.82, 2.24) is 10.2 Å². The molecule has 0 spiro atoms. The predicted molar refractivity (Wildman–Crippen MR) is 66.2 cm³/mol. The van der Waals surface area contributed by atoms with Gasteiger partial charge in [-0.3, -0.25) is 0 Å². The van der Waals surface area contributed by atoms with Crippen molar-refractivity contribution in [3.05, 3.63) is 35.5 Å². The van der Waals surface area contributed by atoms with Gasteiger partial charge in [-0.15, -0.1) is 0 Å². The summed E-state index contributed by atoms with van der Waals surface area (Å²) >= 11 is 0. The molecule has 1 unspecified atom stereocenters. The van der Waals surface area contributed by atoms with Gasteiger partial charge in [0.05, 0.1) is 11.2 Å². The summed E-state index contributed by atoms with van der Waals surface area (Å²) in [5, 5.41) is 9.60. The van der Waals surface area contributed by atoms with Gasteiger partial charge in [-0.25, -0.2) is 0 Å². The molecule has 0 aliphatic carbocycles. The monoisotopic (exact) mass is 215 g/mol. The van der Waals surface area contributed by atoms with E-state index in [2.05, 4.69) is 23.2 Å². The molecule has 3 heteroatoms. The van der Waals surface area contributed by atoms with E-state index in [4.69, 9.17) is 5.73 Å². The lowest BCUT2D eigenvalue weighted by Gasteiger charge is -2.12. The average Bonchev–Trinajstić information content (AvgIpc) is 2.32. The fourth-order valence-electron chi connectivity index (χ4n) is 1.89. The van der Waals surface area contributed by atoms with Crippen molar-refractivity contribution >= 4 is 10.9 Å². The number of fused-ring (bicyclic) bond motifs is 1. The van der Waals surface area contributed by atoms with E-state index in [0.717, 1.165) is 17.6 Å². The Morgan fingerprint density at radius 1 is 1.25 bits per heavy atom. The second kappa shape index (κ2) is 4.58. The molecule has 0 amide bonds. The first kappa shape index (κ1) is 11.0. The van der Waals surface area contributed by atoms with Crippen molar-refractivity contribution in [3.63, 3.8) is 0 Å². The van der Waals surface area contributed by atoms with Crippen LogP contribution in [0.25, 0.3) is 10.9 Å². The van der Waals surface area contributed by atoms with Gasteiger partial charge in [0, 0.05) is 5.39 Å². The van der Waals surface area contributed by atoms with Crippen LogP contribution in [0.4, 0.5) is 0 Å². The maximum Gasteiger partial charge on any atom is 0.0932 e. The largest absolute Gasteiger partial charge is 0.330 e. The first-order chi connectivity index (χ1) is 7.72. The molecule has 0 radical (unpaired) electrons. The fraction of sp³-hybridized carbons (Fsp3) is 0.385. The molecule has 2 aromatic rings. The highest BCUT2D eigenvalue weighted by atomic mass is 15.1. The van der Waals surface area contributed by atoms with Crippen LogP contribution >= 0.6 is 0 Å². The molecule has 16 heavy (non-hydrogen) atoms. The smallest absolute Gasteiger partial charge is 0.0932 e. The van der Waals surface area contributed by atoms with E-state index in [1.807, 2.05) is 25.1 Å². The van der Waals surface area contributed by atoms with Crippen LogP contribution in [0.5, 0.6) is 0 Å². The number of nitrogens with zero attached hydrogens (tertiary/aromatic N) is 2. The third kappa shape index (κ3) is 2.04. The van der Waals surface area contributed by atoms with Crippen molar-refractivity contribution < 1.29 is 0 Å². The SMILES string of the molecule is Cc1nnc2ccccc2c1CC(C)CN. The standard InChI is InChI=1S/C13H17N3/c1-9(8-14)7-12-10(2)15-16-13-6-4-3-5-11(12)13/h3-6,9H,7-8,14H2,1-2H3. The van der Waals surface area contributed by atoms with Gasteiger partial charge < -0.3 is 5.73 Å². The van der Waals surface area contributed by atoms with Crippen LogP contribution in [0.3, 0.4) is 0 Å². The number of aryl methyl sites for hydroxylation is 1. The van der Waals surface area contributed by atoms with E-state index < -0.39 is 0 Å². The Morgan fingerprint density at radius 3 is 2.75 bits per heavy atom. The first-order valence-corrected chi connectivity index (χ1v) is 5.63. The fourth-order valence-corrected chi connectivity index (χ4v) is 1.89. The van der Waals surface area contributed by atoms with E-state index >= 15 is 0 Å². The lowest BCUT2D eigenvalue weighted by Crippen LogP contribution is -2.14. The van der Waals surface area contributed by atoms with E-state index in [9.17, 15) is 0 Å². The Kier molecular flexibility index (Phi) is 3.15. The van der Waals surface area contributed by atoms with Crippen molar-refractivity contribution in [2.75, 3.05) is 6.54 Å². The van der Waals surface area contributed by atoms with Gasteiger partial charge in [-0.1, -0.05) is 25.1 Å². The number of rotatable bonds is 3. The predicted octanol–water partition coefficient (Wildman–Crippen LogP) is 2.08. The zero-order valence-corrected chi connectivity index (χ0v) is 9.77. The molecule has 1 atom stereocenters. The zero-order chi connectivity index (χ0) is 11.5. The van der Waals surface area contributed by atoms with Crippen molar-refractivity contribution in [2.45, 2.75) is 20.3 Å². The normalized spacial score (nSPS) is 12.9. The molecule has 1 aromatic carbocycles. The minimum Gasteiger partial charge on any atom is -0.330 e. The number of hydrogen-bond donors (Lipinski definition) is 1. The summed E-state index contributed by atoms with van der Waals surface area (Å²) in [5.74, 6) is 0.478. The summed E-state index contributed by atoms with van der Waals surface area (Å²) in [5.41, 5.74) is 8.94. The Hall–Kier alpha value is -1.48. The van der Waals surface area contributed by atoms with Crippen molar-refractivity contribution in [2.24, 2.45) is 11.7 Å². The van der Waals surface area contributed by atoms with E-state index in [-0.39, 0.29) is 0 Å². The summed E-state index contributed by atoms with van der Waals surface area (Å²) in [4.78, 5) is 0. The molecular formula is C13H17N3. The van der Waals surface area contributed by atoms with E-state index in [1.54, 1.807) is 0 Å². The van der Waals surface area contributed by atoms with Gasteiger partial charge in [0.15, 0.2) is 0 Å². The number of benzene rings is 1. The number of aromatic nitrogens is 2. The van der Waals surface area contributed by atoms with Gasteiger partial charge in [-0.05, 0) is 37.4 Å². The van der Waals surface area contributed by atoms with E-state index in [0.29, 0.717) is 12.5 Å². The van der Waals surface area contributed by atoms with Crippen LogP contribution in [0.15, 0.2) is 24.3 Å². The van der Waals surface area contributed by atoms with Gasteiger partial charge >= 0.3 is 0 Å². The van der Waals surface area contributed by atoms with Crippen LogP contribution in [0.2, 0.25) is 0 Å². The Bertz CT molecular complexity index is 494. The molecule has 0 bridgehead atoms. The molecule has 0 aliphatic heterocycles. The van der Waals surface area contributed by atoms with Crippen molar-refractivity contribution in [3.8, 4) is 0 Å². The number of nitrogens with two attached hydrogens (primary N) is 1. The average molecular weight is 215 g/mol. The molecule has 2 N–H and O–H groups in total. The molecule has 2 rings (SSSR count). The summed E-state index contributed by atoms with van der Waals surface area (Å²) in [6.07, 6.45) is 0.971. The quantitative estimate of drug-likeness (QED) is 0.852. The third-order valence-corrected chi connectivity index (χ3v) is 2.93. The third-order valence-electron chi connectivity index (χ3n) is 2.93. The highest BCUT2D eigenvalue weighted by molar-refractivity contribution is 5.82. The lowest BCUT2D eigenvalue weighted by molar-refractivity contribution is 0.591. The maximum atomic E-state index is 5.68. The van der Waals surface area contributed by atoms with Gasteiger partial charge in [0.25, 0.3) is 0 Å². The van der Waals surface area contributed by atoms with Gasteiger partial charge in [0.2, 0.25) is 0 Å². The lowest BCUT2D eigenvalue weighted by atomic mass is 9.97. The molecule has 0 saturated carbocycles. The van der Waals surface area contributed by atoms with Crippen LogP contribution in [0, 0.1) is 12.8 Å². The van der Waals surface area contributed by atoms with Gasteiger partial charge in [-0.2, -0.15) is 10.2 Å². The highest BCUT2D eigenvalue weighted by Gasteiger charge is 2.10. The molecule has 0 aliphatic rings. The Morgan fingerprint density at radius 2 is 2.00 bits per heavy atom.